The molecule has 1 aliphatic rings. The first-order chi connectivity index (χ1) is 13.4. The maximum Gasteiger partial charge on any atom is 0.318 e. The summed E-state index contributed by atoms with van der Waals surface area (Å²) in [6, 6.07) is 7.64. The second-order valence-corrected chi connectivity index (χ2v) is 8.28. The second kappa shape index (κ2) is 8.63. The predicted octanol–water partition coefficient (Wildman–Crippen LogP) is 4.39. The van der Waals surface area contributed by atoms with Crippen LogP contribution in [-0.2, 0) is 6.54 Å². The fourth-order valence-corrected chi connectivity index (χ4v) is 3.42. The number of ether oxygens (including phenoxy) is 1. The van der Waals surface area contributed by atoms with E-state index in [1.807, 2.05) is 45.0 Å². The van der Waals surface area contributed by atoms with Gasteiger partial charge in [0.15, 0.2) is 0 Å². The van der Waals surface area contributed by atoms with Gasteiger partial charge in [0.1, 0.15) is 12.3 Å². The number of hydrogen-bond acceptors (Lipinski definition) is 5. The zero-order valence-corrected chi connectivity index (χ0v) is 17.2. The summed E-state index contributed by atoms with van der Waals surface area (Å²) in [6.07, 6.45) is 5.70. The van der Waals surface area contributed by atoms with Gasteiger partial charge in [0.2, 0.25) is 11.7 Å². The lowest BCUT2D eigenvalue weighted by Crippen LogP contribution is -2.52. The van der Waals surface area contributed by atoms with Gasteiger partial charge >= 0.3 is 6.03 Å². The van der Waals surface area contributed by atoms with Crippen LogP contribution in [0.3, 0.4) is 0 Å². The van der Waals surface area contributed by atoms with E-state index in [9.17, 15) is 4.79 Å². The van der Waals surface area contributed by atoms with Crippen LogP contribution < -0.4 is 10.1 Å². The highest BCUT2D eigenvalue weighted by Crippen LogP contribution is 2.23. The summed E-state index contributed by atoms with van der Waals surface area (Å²) in [4.78, 5) is 19.2. The highest BCUT2D eigenvalue weighted by molar-refractivity contribution is 5.75. The van der Waals surface area contributed by atoms with Crippen LogP contribution in [0.25, 0.3) is 11.4 Å². The fourth-order valence-electron chi connectivity index (χ4n) is 3.42. The standard InChI is InChI=1S/C21H30N4O3/c1-21(2,3)25(20(26)22-16-8-6-5-7-9-16)14-18-23-19(24-28-18)15-10-12-17(27-4)13-11-15/h10-13,16H,5-9,14H2,1-4H3,(H,22,26). The third-order valence-corrected chi connectivity index (χ3v) is 5.10. The molecule has 1 N–H and O–H groups in total. The van der Waals surface area contributed by atoms with E-state index in [-0.39, 0.29) is 24.2 Å². The van der Waals surface area contributed by atoms with Gasteiger partial charge in [-0.05, 0) is 57.9 Å². The van der Waals surface area contributed by atoms with Gasteiger partial charge in [0.25, 0.3) is 0 Å². The van der Waals surface area contributed by atoms with E-state index in [1.54, 1.807) is 12.0 Å². The molecule has 0 saturated heterocycles. The number of benzene rings is 1. The van der Waals surface area contributed by atoms with Gasteiger partial charge in [0.05, 0.1) is 7.11 Å². The third-order valence-electron chi connectivity index (χ3n) is 5.10. The zero-order chi connectivity index (χ0) is 20.1. The lowest BCUT2D eigenvalue weighted by atomic mass is 9.95. The Morgan fingerprint density at radius 1 is 1.21 bits per heavy atom. The van der Waals surface area contributed by atoms with Crippen molar-refractivity contribution in [2.75, 3.05) is 7.11 Å². The molecule has 2 amide bonds. The summed E-state index contributed by atoms with van der Waals surface area (Å²) < 4.78 is 10.6. The van der Waals surface area contributed by atoms with E-state index in [0.29, 0.717) is 11.7 Å². The predicted molar refractivity (Wildman–Crippen MR) is 107 cm³/mol. The summed E-state index contributed by atoms with van der Waals surface area (Å²) in [6.45, 7) is 6.29. The zero-order valence-electron chi connectivity index (χ0n) is 17.2. The minimum absolute atomic E-state index is 0.0800. The number of aromatic nitrogens is 2. The molecule has 1 aliphatic carbocycles. The molecular formula is C21H30N4O3. The van der Waals surface area contributed by atoms with Gasteiger partial charge in [0, 0.05) is 17.1 Å². The molecule has 2 aromatic rings. The third kappa shape index (κ3) is 5.03. The van der Waals surface area contributed by atoms with Crippen molar-refractivity contribution in [1.29, 1.82) is 0 Å². The van der Waals surface area contributed by atoms with Crippen LogP contribution in [0.5, 0.6) is 5.75 Å². The molecule has 7 nitrogen and oxygen atoms in total. The highest BCUT2D eigenvalue weighted by atomic mass is 16.5. The molecule has 0 bridgehead atoms. The lowest BCUT2D eigenvalue weighted by Gasteiger charge is -2.36. The van der Waals surface area contributed by atoms with Crippen molar-refractivity contribution >= 4 is 6.03 Å². The van der Waals surface area contributed by atoms with Crippen LogP contribution in [0, 0.1) is 0 Å². The van der Waals surface area contributed by atoms with Gasteiger partial charge in [-0.3, -0.25) is 0 Å². The van der Waals surface area contributed by atoms with E-state index in [4.69, 9.17) is 9.26 Å². The summed E-state index contributed by atoms with van der Waals surface area (Å²) in [5.41, 5.74) is 0.470. The van der Waals surface area contributed by atoms with E-state index in [1.165, 1.54) is 19.3 Å². The number of carbonyl (C=O) groups excluding carboxylic acids is 1. The minimum Gasteiger partial charge on any atom is -0.497 e. The molecule has 152 valence electrons. The molecule has 1 fully saturated rings. The Kier molecular flexibility index (Phi) is 6.21. The van der Waals surface area contributed by atoms with Gasteiger partial charge in [-0.15, -0.1) is 0 Å². The number of urea groups is 1. The van der Waals surface area contributed by atoms with Crippen LogP contribution in [0.4, 0.5) is 4.79 Å². The molecular weight excluding hydrogens is 356 g/mol. The summed E-state index contributed by atoms with van der Waals surface area (Å²) in [7, 11) is 1.63. The Labute approximate surface area is 166 Å². The average molecular weight is 386 g/mol. The first-order valence-electron chi connectivity index (χ1n) is 9.92. The van der Waals surface area contributed by atoms with Crippen molar-refractivity contribution in [1.82, 2.24) is 20.4 Å². The Bertz CT molecular complexity index is 774. The van der Waals surface area contributed by atoms with Crippen molar-refractivity contribution in [3.63, 3.8) is 0 Å². The number of rotatable bonds is 5. The molecule has 1 heterocycles. The summed E-state index contributed by atoms with van der Waals surface area (Å²) >= 11 is 0. The van der Waals surface area contributed by atoms with Crippen molar-refractivity contribution in [2.24, 2.45) is 0 Å². The summed E-state index contributed by atoms with van der Waals surface area (Å²) in [5.74, 6) is 1.68. The Morgan fingerprint density at radius 3 is 2.50 bits per heavy atom. The quantitative estimate of drug-likeness (QED) is 0.824. The van der Waals surface area contributed by atoms with Crippen LogP contribution in [-0.4, -0.2) is 39.8 Å². The van der Waals surface area contributed by atoms with Crippen LogP contribution in [0.2, 0.25) is 0 Å². The minimum atomic E-state index is -0.368. The Morgan fingerprint density at radius 2 is 1.89 bits per heavy atom. The molecule has 0 atom stereocenters. The topological polar surface area (TPSA) is 80.5 Å². The van der Waals surface area contributed by atoms with Crippen molar-refractivity contribution in [2.45, 2.75) is 71.0 Å². The van der Waals surface area contributed by atoms with Crippen LogP contribution >= 0.6 is 0 Å². The van der Waals surface area contributed by atoms with Gasteiger partial charge < -0.3 is 19.5 Å². The summed E-state index contributed by atoms with van der Waals surface area (Å²) in [5, 5.41) is 7.25. The van der Waals surface area contributed by atoms with Gasteiger partial charge in [-0.1, -0.05) is 24.4 Å². The normalized spacial score (nSPS) is 15.3. The fraction of sp³-hybridized carbons (Fsp3) is 0.571. The maximum absolute atomic E-state index is 12.9. The van der Waals surface area contributed by atoms with Crippen LogP contribution in [0.15, 0.2) is 28.8 Å². The number of nitrogens with one attached hydrogen (secondary N) is 1. The van der Waals surface area contributed by atoms with E-state index in [0.717, 1.165) is 24.2 Å². The first-order valence-corrected chi connectivity index (χ1v) is 9.92. The number of carbonyl (C=O) groups is 1. The smallest absolute Gasteiger partial charge is 0.318 e. The monoisotopic (exact) mass is 386 g/mol. The largest absolute Gasteiger partial charge is 0.497 e. The molecule has 0 radical (unpaired) electrons. The molecule has 1 aromatic heterocycles. The lowest BCUT2D eigenvalue weighted by molar-refractivity contribution is 0.124. The second-order valence-electron chi connectivity index (χ2n) is 8.28. The Balaban J connectivity index is 1.70. The van der Waals surface area contributed by atoms with E-state index >= 15 is 0 Å². The van der Waals surface area contributed by atoms with E-state index < -0.39 is 0 Å². The molecule has 0 spiro atoms. The number of hydrogen-bond donors (Lipinski definition) is 1. The highest BCUT2D eigenvalue weighted by Gasteiger charge is 2.30. The molecule has 1 aromatic carbocycles. The van der Waals surface area contributed by atoms with Crippen molar-refractivity contribution < 1.29 is 14.1 Å². The maximum atomic E-state index is 12.9. The SMILES string of the molecule is COc1ccc(-c2noc(CN(C(=O)NC3CCCCC3)C(C)(C)C)n2)cc1. The average Bonchev–Trinajstić information content (AvgIpc) is 3.15. The number of amides is 2. The molecule has 3 rings (SSSR count). The van der Waals surface area contributed by atoms with Crippen LogP contribution in [0.1, 0.15) is 58.8 Å². The Hall–Kier alpha value is -2.57. The van der Waals surface area contributed by atoms with E-state index in [2.05, 4.69) is 15.5 Å². The van der Waals surface area contributed by atoms with Gasteiger partial charge in [-0.25, -0.2) is 4.79 Å². The number of nitrogens with zero attached hydrogens (tertiary/aromatic N) is 3. The first kappa shape index (κ1) is 20.2. The van der Waals surface area contributed by atoms with Crippen molar-refractivity contribution in [3.05, 3.63) is 30.2 Å². The van der Waals surface area contributed by atoms with Gasteiger partial charge in [-0.2, -0.15) is 4.98 Å². The number of methoxy groups -OCH3 is 1. The molecule has 7 heteroatoms. The molecule has 0 aliphatic heterocycles. The molecule has 0 unspecified atom stereocenters. The van der Waals surface area contributed by atoms with Crippen molar-refractivity contribution in [3.8, 4) is 17.1 Å². The molecule has 28 heavy (non-hydrogen) atoms. The molecule has 1 saturated carbocycles.